The molecular formula is C24H21BrF3N5O4S3. The summed E-state index contributed by atoms with van der Waals surface area (Å²) >= 11 is 5.84. The molecule has 1 N–H and O–H groups in total. The molecule has 0 saturated heterocycles. The number of aromatic nitrogens is 3. The second-order valence-electron chi connectivity index (χ2n) is 8.67. The van der Waals surface area contributed by atoms with Crippen LogP contribution in [-0.4, -0.2) is 35.2 Å². The van der Waals surface area contributed by atoms with Crippen LogP contribution in [-0.2, 0) is 14.9 Å². The first-order chi connectivity index (χ1) is 18.8. The van der Waals surface area contributed by atoms with Gasteiger partial charge in [0, 0.05) is 11.8 Å². The van der Waals surface area contributed by atoms with Crippen LogP contribution in [0.25, 0.3) is 21.8 Å². The van der Waals surface area contributed by atoms with Gasteiger partial charge in [0.1, 0.15) is 17.2 Å². The molecule has 0 spiro atoms. The highest BCUT2D eigenvalue weighted by Crippen LogP contribution is 2.40. The van der Waals surface area contributed by atoms with Gasteiger partial charge in [-0.1, -0.05) is 23.9 Å². The molecule has 9 nitrogen and oxygen atoms in total. The molecule has 0 aliphatic carbocycles. The standard InChI is InChI=1S/C20H12BrF3N4O2S3.C4H9NO2/c1-31-20-25-9-8-14(26-20)17-16(27-19(21)32-17)10-4-2-7-13(15(10)24)28-33(29,30)18-11(22)5-3-6-12(18)23;1-4(2,3)7-5-6/h2-9,28H,1H3;1-3H3. The predicted molar refractivity (Wildman–Crippen MR) is 152 cm³/mol. The van der Waals surface area contributed by atoms with Crippen LogP contribution < -0.4 is 4.72 Å². The van der Waals surface area contributed by atoms with Crippen LogP contribution in [0.4, 0.5) is 18.9 Å². The Labute approximate surface area is 244 Å². The van der Waals surface area contributed by atoms with E-state index in [2.05, 4.69) is 41.1 Å². The van der Waals surface area contributed by atoms with Crippen molar-refractivity contribution in [1.29, 1.82) is 0 Å². The molecule has 0 aliphatic heterocycles. The van der Waals surface area contributed by atoms with Crippen LogP contribution >= 0.6 is 39.0 Å². The van der Waals surface area contributed by atoms with Crippen molar-refractivity contribution in [2.45, 2.75) is 36.4 Å². The fourth-order valence-corrected chi connectivity index (χ4v) is 6.05. The number of anilines is 1. The molecule has 0 saturated carbocycles. The Morgan fingerprint density at radius 2 is 1.70 bits per heavy atom. The van der Waals surface area contributed by atoms with Crippen molar-refractivity contribution in [3.8, 4) is 21.8 Å². The quantitative estimate of drug-likeness (QED) is 0.0927. The van der Waals surface area contributed by atoms with Crippen molar-refractivity contribution >= 4 is 54.7 Å². The lowest BCUT2D eigenvalue weighted by Crippen LogP contribution is -2.17. The third kappa shape index (κ3) is 7.77. The first-order valence-electron chi connectivity index (χ1n) is 11.1. The SMILES string of the molecule is CC(C)(C)ON=O.CSc1nccc(-c2sc(Br)nc2-c2cccc(NS(=O)(=O)c3c(F)cccc3F)c2F)n1. The highest BCUT2D eigenvalue weighted by Gasteiger charge is 2.27. The highest BCUT2D eigenvalue weighted by atomic mass is 79.9. The molecule has 0 aliphatic rings. The summed E-state index contributed by atoms with van der Waals surface area (Å²) in [6.45, 7) is 5.28. The minimum atomic E-state index is -4.75. The molecule has 16 heteroatoms. The van der Waals surface area contributed by atoms with E-state index in [0.29, 0.717) is 19.6 Å². The molecule has 4 aromatic rings. The van der Waals surface area contributed by atoms with Gasteiger partial charge in [0.05, 0.1) is 22.0 Å². The lowest BCUT2D eigenvalue weighted by molar-refractivity contribution is -0.00230. The van der Waals surface area contributed by atoms with E-state index in [4.69, 9.17) is 0 Å². The van der Waals surface area contributed by atoms with Gasteiger partial charge in [0.2, 0.25) is 0 Å². The summed E-state index contributed by atoms with van der Waals surface area (Å²) in [5.74, 6) is -3.55. The predicted octanol–water partition coefficient (Wildman–Crippen LogP) is 7.45. The first-order valence-corrected chi connectivity index (χ1v) is 15.4. The van der Waals surface area contributed by atoms with Crippen LogP contribution in [0.1, 0.15) is 20.8 Å². The topological polar surface area (TPSA) is 123 Å². The molecule has 0 fully saturated rings. The van der Waals surface area contributed by atoms with Gasteiger partial charge in [-0.05, 0) is 73.3 Å². The Kier molecular flexibility index (Phi) is 10.3. The van der Waals surface area contributed by atoms with E-state index >= 15 is 4.39 Å². The van der Waals surface area contributed by atoms with Gasteiger partial charge < -0.3 is 4.84 Å². The van der Waals surface area contributed by atoms with E-state index in [1.807, 2.05) is 11.0 Å². The number of benzene rings is 2. The minimum absolute atomic E-state index is 0.0227. The number of hydrogen-bond acceptors (Lipinski definition) is 10. The molecule has 0 amide bonds. The summed E-state index contributed by atoms with van der Waals surface area (Å²) in [7, 11) is -4.75. The van der Waals surface area contributed by atoms with E-state index in [1.165, 1.54) is 35.2 Å². The Hall–Kier alpha value is -3.08. The zero-order chi connectivity index (χ0) is 29.7. The Bertz CT molecular complexity index is 1610. The number of halogens is 4. The lowest BCUT2D eigenvalue weighted by atomic mass is 10.1. The summed E-state index contributed by atoms with van der Waals surface area (Å²) < 4.78 is 71.1. The Morgan fingerprint density at radius 1 is 1.05 bits per heavy atom. The van der Waals surface area contributed by atoms with E-state index in [-0.39, 0.29) is 11.3 Å². The van der Waals surface area contributed by atoms with E-state index in [9.17, 15) is 22.1 Å². The van der Waals surface area contributed by atoms with Crippen LogP contribution in [0.15, 0.2) is 68.0 Å². The van der Waals surface area contributed by atoms with Crippen molar-refractivity contribution in [2.24, 2.45) is 5.34 Å². The van der Waals surface area contributed by atoms with Gasteiger partial charge in [-0.25, -0.2) is 36.5 Å². The molecule has 2 heterocycles. The third-order valence-electron chi connectivity index (χ3n) is 4.65. The molecule has 2 aromatic heterocycles. The molecule has 0 radical (unpaired) electrons. The monoisotopic (exact) mass is 675 g/mol. The zero-order valence-electron chi connectivity index (χ0n) is 21.3. The van der Waals surface area contributed by atoms with Crippen LogP contribution in [0, 0.1) is 22.4 Å². The fraction of sp³-hybridized carbons (Fsp3) is 0.208. The van der Waals surface area contributed by atoms with Gasteiger partial charge in [0.15, 0.2) is 25.1 Å². The maximum Gasteiger partial charge on any atom is 0.267 e. The maximum absolute atomic E-state index is 15.5. The van der Waals surface area contributed by atoms with E-state index in [1.54, 1.807) is 33.0 Å². The van der Waals surface area contributed by atoms with Gasteiger partial charge in [-0.15, -0.1) is 16.2 Å². The highest BCUT2D eigenvalue weighted by molar-refractivity contribution is 9.11. The van der Waals surface area contributed by atoms with Crippen LogP contribution in [0.3, 0.4) is 0 Å². The average molecular weight is 677 g/mol. The van der Waals surface area contributed by atoms with Crippen molar-refractivity contribution in [3.63, 3.8) is 0 Å². The zero-order valence-corrected chi connectivity index (χ0v) is 25.3. The smallest absolute Gasteiger partial charge is 0.267 e. The summed E-state index contributed by atoms with van der Waals surface area (Å²) in [5.41, 5.74) is -0.218. The third-order valence-corrected chi connectivity index (χ3v) is 8.15. The van der Waals surface area contributed by atoms with Gasteiger partial charge in [-0.2, -0.15) is 0 Å². The summed E-state index contributed by atoms with van der Waals surface area (Å²) in [6.07, 6.45) is 3.38. The van der Waals surface area contributed by atoms with Crippen molar-refractivity contribution < 1.29 is 26.4 Å². The number of sulfonamides is 1. The normalized spacial score (nSPS) is 11.4. The second-order valence-corrected chi connectivity index (χ2v) is 13.3. The van der Waals surface area contributed by atoms with Crippen molar-refractivity contribution in [1.82, 2.24) is 15.0 Å². The lowest BCUT2D eigenvalue weighted by Gasteiger charge is -2.12. The molecule has 0 unspecified atom stereocenters. The molecular weight excluding hydrogens is 655 g/mol. The number of hydrogen-bond donors (Lipinski definition) is 1. The number of nitrogens with one attached hydrogen (secondary N) is 1. The molecule has 2 aromatic carbocycles. The number of thioether (sulfide) groups is 1. The summed E-state index contributed by atoms with van der Waals surface area (Å²) in [5, 5.41) is 2.77. The fourth-order valence-electron chi connectivity index (χ4n) is 3.06. The Balaban J connectivity index is 0.000000559. The number of rotatable bonds is 7. The number of nitrogens with zero attached hydrogens (tertiary/aromatic N) is 4. The molecule has 40 heavy (non-hydrogen) atoms. The van der Waals surface area contributed by atoms with Gasteiger partial charge >= 0.3 is 0 Å². The molecule has 212 valence electrons. The maximum atomic E-state index is 15.5. The van der Waals surface area contributed by atoms with E-state index in [0.717, 1.165) is 24.3 Å². The minimum Gasteiger partial charge on any atom is -0.358 e. The summed E-state index contributed by atoms with van der Waals surface area (Å²) in [6, 6.07) is 8.24. The van der Waals surface area contributed by atoms with Crippen LogP contribution in [0.2, 0.25) is 0 Å². The van der Waals surface area contributed by atoms with Gasteiger partial charge in [-0.3, -0.25) is 4.72 Å². The van der Waals surface area contributed by atoms with Crippen LogP contribution in [0.5, 0.6) is 0 Å². The molecule has 0 bridgehead atoms. The van der Waals surface area contributed by atoms with Gasteiger partial charge in [0.25, 0.3) is 10.0 Å². The average Bonchev–Trinajstić information content (AvgIpc) is 3.26. The molecule has 0 atom stereocenters. The largest absolute Gasteiger partial charge is 0.358 e. The second kappa shape index (κ2) is 13.1. The Morgan fingerprint density at radius 3 is 2.27 bits per heavy atom. The first kappa shape index (κ1) is 31.4. The van der Waals surface area contributed by atoms with E-state index < -0.39 is 43.7 Å². The number of thiazole rings is 1. The molecule has 4 rings (SSSR count). The van der Waals surface area contributed by atoms with Crippen molar-refractivity contribution in [3.05, 3.63) is 74.9 Å². The van der Waals surface area contributed by atoms with Crippen molar-refractivity contribution in [2.75, 3.05) is 11.0 Å². The summed E-state index contributed by atoms with van der Waals surface area (Å²) in [4.78, 5) is 25.8.